The molecule has 0 unspecified atom stereocenters. The quantitative estimate of drug-likeness (QED) is 0.431. The fraction of sp³-hybridized carbons (Fsp3) is 0.211. The molecule has 1 aromatic carbocycles. The van der Waals surface area contributed by atoms with Crippen LogP contribution < -0.4 is 10.3 Å². The number of aromatic nitrogens is 4. The molecule has 4 aromatic rings. The normalized spacial score (nSPS) is 15.2. The molecule has 1 saturated heterocycles. The van der Waals surface area contributed by atoms with Crippen molar-refractivity contribution in [3.63, 3.8) is 0 Å². The van der Waals surface area contributed by atoms with E-state index in [9.17, 15) is 0 Å². The second-order valence-corrected chi connectivity index (χ2v) is 6.36. The van der Waals surface area contributed by atoms with Gasteiger partial charge in [-0.15, -0.1) is 0 Å². The van der Waals surface area contributed by atoms with Crippen LogP contribution >= 0.6 is 0 Å². The second-order valence-electron chi connectivity index (χ2n) is 6.36. The summed E-state index contributed by atoms with van der Waals surface area (Å²) >= 11 is 0. The van der Waals surface area contributed by atoms with Gasteiger partial charge in [0.25, 0.3) is 0 Å². The van der Waals surface area contributed by atoms with E-state index in [-0.39, 0.29) is 0 Å². The first-order valence-electron chi connectivity index (χ1n) is 8.91. The van der Waals surface area contributed by atoms with E-state index in [4.69, 9.17) is 4.74 Å². The Morgan fingerprint density at radius 3 is 3.00 bits per heavy atom. The molecule has 1 fully saturated rings. The van der Waals surface area contributed by atoms with Gasteiger partial charge in [-0.05, 0) is 6.07 Å². The number of fused-ring (bicyclic) bond motifs is 2. The maximum atomic E-state index is 5.46. The summed E-state index contributed by atoms with van der Waals surface area (Å²) in [6.45, 7) is 3.09. The number of para-hydroxylation sites is 1. The number of H-pyrrole nitrogens is 1. The zero-order valence-electron chi connectivity index (χ0n) is 14.7. The van der Waals surface area contributed by atoms with Gasteiger partial charge < -0.3 is 14.6 Å². The molecule has 1 aliphatic rings. The number of anilines is 2. The minimum atomic E-state index is 0.681. The smallest absolute Gasteiger partial charge is 0.159 e. The van der Waals surface area contributed by atoms with E-state index in [1.54, 1.807) is 12.4 Å². The number of benzene rings is 1. The zero-order chi connectivity index (χ0) is 18.1. The predicted molar refractivity (Wildman–Crippen MR) is 106 cm³/mol. The first-order chi connectivity index (χ1) is 13.4. The summed E-state index contributed by atoms with van der Waals surface area (Å²) in [7, 11) is 0. The van der Waals surface area contributed by atoms with Gasteiger partial charge in [0.1, 0.15) is 5.82 Å². The lowest BCUT2D eigenvalue weighted by Crippen LogP contribution is -2.37. The molecule has 3 aromatic heterocycles. The van der Waals surface area contributed by atoms with Crippen LogP contribution in [0, 0.1) is 0 Å². The molecule has 0 saturated carbocycles. The van der Waals surface area contributed by atoms with E-state index in [2.05, 4.69) is 36.6 Å². The number of nitrogens with one attached hydrogen (secondary N) is 2. The van der Waals surface area contributed by atoms with Crippen molar-refractivity contribution < 1.29 is 4.74 Å². The lowest BCUT2D eigenvalue weighted by atomic mass is 10.2. The molecule has 0 amide bonds. The van der Waals surface area contributed by atoms with Gasteiger partial charge in [0.15, 0.2) is 11.5 Å². The Bertz CT molecular complexity index is 1110. The van der Waals surface area contributed by atoms with Crippen LogP contribution in [-0.4, -0.2) is 52.1 Å². The van der Waals surface area contributed by atoms with Crippen LogP contribution in [0.4, 0.5) is 11.6 Å². The predicted octanol–water partition coefficient (Wildman–Crippen LogP) is 2.49. The van der Waals surface area contributed by atoms with E-state index in [0.717, 1.165) is 41.0 Å². The molecule has 136 valence electrons. The average molecular weight is 361 g/mol. The number of hydrazone groups is 1. The Hall–Kier alpha value is -3.39. The van der Waals surface area contributed by atoms with Gasteiger partial charge in [-0.1, -0.05) is 18.2 Å². The van der Waals surface area contributed by atoms with Crippen molar-refractivity contribution in [2.75, 3.05) is 36.6 Å². The minimum absolute atomic E-state index is 0.681. The van der Waals surface area contributed by atoms with Crippen LogP contribution in [0.3, 0.4) is 0 Å². The number of ether oxygens (including phenoxy) is 1. The van der Waals surface area contributed by atoms with E-state index in [1.165, 1.54) is 0 Å². The molecule has 2 N–H and O–H groups in total. The van der Waals surface area contributed by atoms with Gasteiger partial charge in [0, 0.05) is 47.9 Å². The number of hydrogen-bond acceptors (Lipinski definition) is 6. The number of aromatic amines is 1. The van der Waals surface area contributed by atoms with E-state index in [0.29, 0.717) is 19.0 Å². The molecule has 5 rings (SSSR count). The monoisotopic (exact) mass is 361 g/mol. The SMILES string of the molecule is C(=N\Nc1cc(N2CCOCC2)n2nccc2n1)/c1c[nH]c2ccccc12. The summed E-state index contributed by atoms with van der Waals surface area (Å²) < 4.78 is 7.30. The van der Waals surface area contributed by atoms with Crippen LogP contribution in [0.15, 0.2) is 53.9 Å². The fourth-order valence-electron chi connectivity index (χ4n) is 3.34. The second kappa shape index (κ2) is 6.73. The van der Waals surface area contributed by atoms with Crippen LogP contribution in [0.1, 0.15) is 5.56 Å². The van der Waals surface area contributed by atoms with Gasteiger partial charge >= 0.3 is 0 Å². The van der Waals surface area contributed by atoms with Gasteiger partial charge in [-0.3, -0.25) is 5.43 Å². The Morgan fingerprint density at radius 1 is 1.19 bits per heavy atom. The van der Waals surface area contributed by atoms with Crippen molar-refractivity contribution in [2.45, 2.75) is 0 Å². The summed E-state index contributed by atoms with van der Waals surface area (Å²) in [4.78, 5) is 10.1. The summed E-state index contributed by atoms with van der Waals surface area (Å²) in [5, 5.41) is 9.91. The Morgan fingerprint density at radius 2 is 2.07 bits per heavy atom. The highest BCUT2D eigenvalue weighted by Crippen LogP contribution is 2.21. The van der Waals surface area contributed by atoms with Gasteiger partial charge in [-0.2, -0.15) is 14.7 Å². The highest BCUT2D eigenvalue weighted by atomic mass is 16.5. The Kier molecular flexibility index (Phi) is 3.95. The molecular formula is C19H19N7O. The molecule has 8 heteroatoms. The van der Waals surface area contributed by atoms with Crippen molar-refractivity contribution in [3.8, 4) is 0 Å². The van der Waals surface area contributed by atoms with Crippen molar-refractivity contribution >= 4 is 34.4 Å². The summed E-state index contributed by atoms with van der Waals surface area (Å²) in [5.41, 5.74) is 5.95. The topological polar surface area (TPSA) is 82.8 Å². The minimum Gasteiger partial charge on any atom is -0.378 e. The highest BCUT2D eigenvalue weighted by Gasteiger charge is 2.16. The van der Waals surface area contributed by atoms with Crippen molar-refractivity contribution in [1.29, 1.82) is 0 Å². The van der Waals surface area contributed by atoms with E-state index >= 15 is 0 Å². The van der Waals surface area contributed by atoms with Crippen molar-refractivity contribution in [2.24, 2.45) is 5.10 Å². The lowest BCUT2D eigenvalue weighted by molar-refractivity contribution is 0.122. The molecule has 4 heterocycles. The molecule has 8 nitrogen and oxygen atoms in total. The molecule has 0 bridgehead atoms. The van der Waals surface area contributed by atoms with E-state index < -0.39 is 0 Å². The van der Waals surface area contributed by atoms with Crippen LogP contribution in [-0.2, 0) is 4.74 Å². The molecule has 0 aliphatic carbocycles. The number of morpholine rings is 1. The molecule has 0 spiro atoms. The standard InChI is InChI=1S/C19H19N7O/c1-2-4-16-15(3-1)14(12-20-16)13-21-24-17-11-19(25-7-9-27-10-8-25)26-18(23-17)5-6-22-26/h1-6,11-13,20H,7-10H2,(H,23,24)/b21-13+. The number of hydrogen-bond donors (Lipinski definition) is 2. The summed E-state index contributed by atoms with van der Waals surface area (Å²) in [5.74, 6) is 1.67. The third-order valence-corrected chi connectivity index (χ3v) is 4.68. The van der Waals surface area contributed by atoms with Gasteiger partial charge in [-0.25, -0.2) is 4.98 Å². The van der Waals surface area contributed by atoms with Crippen LogP contribution in [0.2, 0.25) is 0 Å². The molecular weight excluding hydrogens is 342 g/mol. The average Bonchev–Trinajstić information content (AvgIpc) is 3.35. The summed E-state index contributed by atoms with van der Waals surface area (Å²) in [6, 6.07) is 12.0. The summed E-state index contributed by atoms with van der Waals surface area (Å²) in [6.07, 6.45) is 5.50. The third kappa shape index (κ3) is 3.00. The first-order valence-corrected chi connectivity index (χ1v) is 8.91. The molecule has 27 heavy (non-hydrogen) atoms. The van der Waals surface area contributed by atoms with E-state index in [1.807, 2.05) is 41.0 Å². The maximum absolute atomic E-state index is 5.46. The maximum Gasteiger partial charge on any atom is 0.159 e. The van der Waals surface area contributed by atoms with Crippen molar-refractivity contribution in [3.05, 3.63) is 54.4 Å². The van der Waals surface area contributed by atoms with Gasteiger partial charge in [0.2, 0.25) is 0 Å². The molecule has 0 atom stereocenters. The van der Waals surface area contributed by atoms with Crippen LogP contribution in [0.5, 0.6) is 0 Å². The Balaban J connectivity index is 1.43. The number of nitrogens with zero attached hydrogens (tertiary/aromatic N) is 5. The lowest BCUT2D eigenvalue weighted by Gasteiger charge is -2.29. The van der Waals surface area contributed by atoms with Gasteiger partial charge in [0.05, 0.1) is 25.6 Å². The largest absolute Gasteiger partial charge is 0.378 e. The van der Waals surface area contributed by atoms with Crippen molar-refractivity contribution in [1.82, 2.24) is 19.6 Å². The molecule has 0 radical (unpaired) electrons. The highest BCUT2D eigenvalue weighted by molar-refractivity contribution is 5.99. The third-order valence-electron chi connectivity index (χ3n) is 4.68. The first kappa shape index (κ1) is 15.8. The Labute approximate surface area is 155 Å². The fourth-order valence-corrected chi connectivity index (χ4v) is 3.34. The number of rotatable bonds is 4. The molecule has 1 aliphatic heterocycles. The zero-order valence-corrected chi connectivity index (χ0v) is 14.7. The van der Waals surface area contributed by atoms with Crippen LogP contribution in [0.25, 0.3) is 16.6 Å².